The highest BCUT2D eigenvalue weighted by Crippen LogP contribution is 2.31. The largest absolute Gasteiger partial charge is 0.331 e. The van der Waals surface area contributed by atoms with Crippen LogP contribution in [0.2, 0.25) is 5.02 Å². The lowest BCUT2D eigenvalue weighted by molar-refractivity contribution is -0.135. The Hall–Kier alpha value is -1.07. The van der Waals surface area contributed by atoms with E-state index in [1.807, 2.05) is 12.1 Å². The van der Waals surface area contributed by atoms with Gasteiger partial charge in [-0.25, -0.2) is 0 Å². The molecule has 0 radical (unpaired) electrons. The van der Waals surface area contributed by atoms with Gasteiger partial charge in [0.2, 0.25) is 11.8 Å². The number of fused-ring (bicyclic) bond motifs is 1. The first-order valence-corrected chi connectivity index (χ1v) is 7.81. The van der Waals surface area contributed by atoms with Gasteiger partial charge in [0.1, 0.15) is 6.04 Å². The van der Waals surface area contributed by atoms with Crippen molar-refractivity contribution in [1.29, 1.82) is 0 Å². The first-order chi connectivity index (χ1) is 9.58. The molecule has 0 aliphatic carbocycles. The zero-order valence-corrected chi connectivity index (χ0v) is 13.2. The van der Waals surface area contributed by atoms with E-state index in [0.717, 1.165) is 23.0 Å². The molecule has 4 nitrogen and oxygen atoms in total. The lowest BCUT2D eigenvalue weighted by atomic mass is 10.2. The monoisotopic (exact) mass is 356 g/mol. The van der Waals surface area contributed by atoms with Gasteiger partial charge in [-0.2, -0.15) is 0 Å². The number of carbonyl (C=O) groups is 2. The van der Waals surface area contributed by atoms with Gasteiger partial charge in [0, 0.05) is 29.7 Å². The molecule has 0 saturated carbocycles. The van der Waals surface area contributed by atoms with Crippen LogP contribution in [0, 0.1) is 0 Å². The summed E-state index contributed by atoms with van der Waals surface area (Å²) in [5.41, 5.74) is 0.754. The summed E-state index contributed by atoms with van der Waals surface area (Å²) >= 11 is 9.44. The summed E-state index contributed by atoms with van der Waals surface area (Å²) in [6.45, 7) is 1.12. The van der Waals surface area contributed by atoms with Gasteiger partial charge in [-0.3, -0.25) is 9.59 Å². The summed E-state index contributed by atoms with van der Waals surface area (Å²) < 4.78 is 0.795. The maximum Gasteiger partial charge on any atom is 0.249 e. The third-order valence-electron chi connectivity index (χ3n) is 3.89. The van der Waals surface area contributed by atoms with E-state index in [9.17, 15) is 9.59 Å². The van der Waals surface area contributed by atoms with Crippen LogP contribution in [0.5, 0.6) is 0 Å². The van der Waals surface area contributed by atoms with Crippen LogP contribution < -0.4 is 4.90 Å². The fourth-order valence-corrected chi connectivity index (χ4v) is 3.29. The van der Waals surface area contributed by atoms with Crippen molar-refractivity contribution in [1.82, 2.24) is 4.90 Å². The topological polar surface area (TPSA) is 40.6 Å². The average molecular weight is 358 g/mol. The second-order valence-corrected chi connectivity index (χ2v) is 6.34. The number of hydrogen-bond acceptors (Lipinski definition) is 2. The molecular weight excluding hydrogens is 344 g/mol. The van der Waals surface area contributed by atoms with Crippen LogP contribution in [0.3, 0.4) is 0 Å². The summed E-state index contributed by atoms with van der Waals surface area (Å²) in [5.74, 6) is 0.0818. The fourth-order valence-electron chi connectivity index (χ4n) is 2.87. The van der Waals surface area contributed by atoms with Gasteiger partial charge in [0.25, 0.3) is 0 Å². The number of halogens is 2. The molecule has 0 N–H and O–H groups in total. The van der Waals surface area contributed by atoms with Crippen molar-refractivity contribution in [3.8, 4) is 0 Å². The van der Waals surface area contributed by atoms with Gasteiger partial charge in [0.05, 0.1) is 5.02 Å². The molecule has 1 aromatic carbocycles. The molecule has 1 aromatic rings. The zero-order chi connectivity index (χ0) is 14.3. The van der Waals surface area contributed by atoms with Crippen molar-refractivity contribution in [2.24, 2.45) is 0 Å². The van der Waals surface area contributed by atoms with Crippen molar-refractivity contribution >= 4 is 45.0 Å². The molecule has 1 atom stereocenters. The highest BCUT2D eigenvalue weighted by Gasteiger charge is 2.39. The number of nitrogens with zero attached hydrogens (tertiary/aromatic N) is 2. The molecule has 106 valence electrons. The van der Waals surface area contributed by atoms with Gasteiger partial charge < -0.3 is 9.80 Å². The maximum atomic E-state index is 12.6. The predicted molar refractivity (Wildman–Crippen MR) is 80.9 cm³/mol. The van der Waals surface area contributed by atoms with E-state index in [-0.39, 0.29) is 17.9 Å². The molecule has 2 heterocycles. The van der Waals surface area contributed by atoms with Crippen LogP contribution in [-0.2, 0) is 9.59 Å². The van der Waals surface area contributed by atoms with Crippen molar-refractivity contribution in [3.05, 3.63) is 27.7 Å². The Labute approximate surface area is 130 Å². The second kappa shape index (κ2) is 5.37. The lowest BCUT2D eigenvalue weighted by Gasteiger charge is -2.25. The molecule has 1 unspecified atom stereocenters. The van der Waals surface area contributed by atoms with E-state index in [0.29, 0.717) is 24.5 Å². The van der Waals surface area contributed by atoms with Crippen molar-refractivity contribution in [2.45, 2.75) is 25.3 Å². The molecule has 20 heavy (non-hydrogen) atoms. The Morgan fingerprint density at radius 3 is 2.80 bits per heavy atom. The number of benzene rings is 1. The highest BCUT2D eigenvalue weighted by molar-refractivity contribution is 9.10. The van der Waals surface area contributed by atoms with Crippen LogP contribution in [0.4, 0.5) is 5.69 Å². The van der Waals surface area contributed by atoms with E-state index in [4.69, 9.17) is 11.6 Å². The normalized spacial score (nSPS) is 23.0. The van der Waals surface area contributed by atoms with E-state index in [1.165, 1.54) is 0 Å². The second-order valence-electron chi connectivity index (χ2n) is 5.08. The molecule has 2 fully saturated rings. The molecule has 2 saturated heterocycles. The summed E-state index contributed by atoms with van der Waals surface area (Å²) in [6.07, 6.45) is 2.03. The summed E-state index contributed by atoms with van der Waals surface area (Å²) in [7, 11) is 0. The molecule has 2 aliphatic rings. The van der Waals surface area contributed by atoms with E-state index >= 15 is 0 Å². The molecule has 0 aromatic heterocycles. The number of hydrogen-bond donors (Lipinski definition) is 0. The Balaban J connectivity index is 1.94. The Bertz CT molecular complexity index is 578. The Morgan fingerprint density at radius 1 is 1.25 bits per heavy atom. The number of rotatable bonds is 1. The lowest BCUT2D eigenvalue weighted by Crippen LogP contribution is -2.43. The number of anilines is 1. The predicted octanol–water partition coefficient (Wildman–Crippen LogP) is 2.83. The third kappa shape index (κ3) is 2.33. The van der Waals surface area contributed by atoms with Crippen LogP contribution >= 0.6 is 27.5 Å². The molecule has 2 amide bonds. The van der Waals surface area contributed by atoms with E-state index in [1.54, 1.807) is 15.9 Å². The SMILES string of the molecule is O=C1C2CCCN2C(=O)CCN1c1ccc(Br)c(Cl)c1. The first-order valence-electron chi connectivity index (χ1n) is 6.64. The van der Waals surface area contributed by atoms with Gasteiger partial charge in [-0.15, -0.1) is 0 Å². The molecule has 6 heteroatoms. The summed E-state index contributed by atoms with van der Waals surface area (Å²) in [6, 6.07) is 5.14. The smallest absolute Gasteiger partial charge is 0.249 e. The van der Waals surface area contributed by atoms with Gasteiger partial charge in [-0.05, 0) is 47.0 Å². The minimum absolute atomic E-state index is 0.00624. The average Bonchev–Trinajstić information content (AvgIpc) is 2.87. The van der Waals surface area contributed by atoms with Crippen molar-refractivity contribution in [2.75, 3.05) is 18.0 Å². The van der Waals surface area contributed by atoms with Crippen LogP contribution in [0.15, 0.2) is 22.7 Å². The van der Waals surface area contributed by atoms with Crippen LogP contribution in [0.25, 0.3) is 0 Å². The molecule has 0 spiro atoms. The van der Waals surface area contributed by atoms with Crippen molar-refractivity contribution in [3.63, 3.8) is 0 Å². The zero-order valence-electron chi connectivity index (χ0n) is 10.8. The van der Waals surface area contributed by atoms with Gasteiger partial charge >= 0.3 is 0 Å². The van der Waals surface area contributed by atoms with Gasteiger partial charge in [-0.1, -0.05) is 11.6 Å². The van der Waals surface area contributed by atoms with Crippen LogP contribution in [-0.4, -0.2) is 35.8 Å². The number of amides is 2. The van der Waals surface area contributed by atoms with Crippen LogP contribution in [0.1, 0.15) is 19.3 Å². The summed E-state index contributed by atoms with van der Waals surface area (Å²) in [5, 5.41) is 0.564. The van der Waals surface area contributed by atoms with Crippen molar-refractivity contribution < 1.29 is 9.59 Å². The maximum absolute atomic E-state index is 12.6. The molecular formula is C14H14BrClN2O2. The highest BCUT2D eigenvalue weighted by atomic mass is 79.9. The first kappa shape index (κ1) is 13.9. The number of carbonyl (C=O) groups excluding carboxylic acids is 2. The fraction of sp³-hybridized carbons (Fsp3) is 0.429. The summed E-state index contributed by atoms with van der Waals surface area (Å²) in [4.78, 5) is 28.1. The Morgan fingerprint density at radius 2 is 2.05 bits per heavy atom. The minimum Gasteiger partial charge on any atom is -0.331 e. The van der Waals surface area contributed by atoms with E-state index in [2.05, 4.69) is 15.9 Å². The van der Waals surface area contributed by atoms with E-state index < -0.39 is 0 Å². The molecule has 2 aliphatic heterocycles. The Kier molecular flexibility index (Phi) is 3.73. The van der Waals surface area contributed by atoms with Gasteiger partial charge in [0.15, 0.2) is 0 Å². The minimum atomic E-state index is -0.299. The third-order valence-corrected chi connectivity index (χ3v) is 5.12. The standard InChI is InChI=1S/C14H14BrClN2O2/c15-10-4-3-9(8-11(10)16)17-7-5-13(19)18-6-1-2-12(18)14(17)20/h3-4,8,12H,1-2,5-7H2. The molecule has 0 bridgehead atoms. The molecule has 3 rings (SSSR count). The quantitative estimate of drug-likeness (QED) is 0.775.